The molecule has 0 unspecified atom stereocenters. The highest BCUT2D eigenvalue weighted by molar-refractivity contribution is 5.72. The highest BCUT2D eigenvalue weighted by atomic mass is 19.3. The number of rotatable bonds is 7. The molecule has 0 spiro atoms. The molecule has 3 nitrogen and oxygen atoms in total. The molecule has 0 radical (unpaired) electrons. The Kier molecular flexibility index (Phi) is 5.96. The lowest BCUT2D eigenvalue weighted by Crippen LogP contribution is -2.12. The van der Waals surface area contributed by atoms with Gasteiger partial charge in [-0.3, -0.25) is 4.79 Å². The Hall–Kier alpha value is -2.83. The van der Waals surface area contributed by atoms with Crippen LogP contribution in [-0.2, 0) is 11.2 Å². The molecule has 0 amide bonds. The third-order valence-electron chi connectivity index (χ3n) is 4.83. The third-order valence-corrected chi connectivity index (χ3v) is 4.83. The van der Waals surface area contributed by atoms with Crippen molar-refractivity contribution in [3.63, 3.8) is 0 Å². The van der Waals surface area contributed by atoms with Crippen molar-refractivity contribution in [2.45, 2.75) is 38.5 Å². The molecule has 2 aromatic carbocycles. The molecule has 1 aliphatic carbocycles. The molecule has 0 bridgehead atoms. The van der Waals surface area contributed by atoms with Gasteiger partial charge in [-0.1, -0.05) is 18.2 Å². The van der Waals surface area contributed by atoms with Gasteiger partial charge in [-0.05, 0) is 59.4 Å². The molecule has 1 aliphatic rings. The van der Waals surface area contributed by atoms with Crippen molar-refractivity contribution in [2.75, 3.05) is 6.61 Å². The molecule has 7 heteroatoms. The second kappa shape index (κ2) is 8.27. The number of aryl methyl sites for hydroxylation is 2. The molecule has 0 heterocycles. The summed E-state index contributed by atoms with van der Waals surface area (Å²) in [5, 5.41) is 8.74. The summed E-state index contributed by atoms with van der Waals surface area (Å²) in [5.74, 6) is -5.09. The molecular weight excluding hydrogens is 388 g/mol. The first kappa shape index (κ1) is 20.9. The van der Waals surface area contributed by atoms with E-state index in [1.54, 1.807) is 13.0 Å². The van der Waals surface area contributed by atoms with Gasteiger partial charge < -0.3 is 9.84 Å². The van der Waals surface area contributed by atoms with Crippen molar-refractivity contribution in [3.05, 3.63) is 70.3 Å². The summed E-state index contributed by atoms with van der Waals surface area (Å²) < 4.78 is 61.1. The number of aliphatic carboxylic acids is 1. The topological polar surface area (TPSA) is 46.5 Å². The fourth-order valence-electron chi connectivity index (χ4n) is 3.50. The van der Waals surface area contributed by atoms with Gasteiger partial charge in [-0.15, -0.1) is 0 Å². The van der Waals surface area contributed by atoms with Gasteiger partial charge in [0.1, 0.15) is 12.4 Å². The average molecular weight is 408 g/mol. The summed E-state index contributed by atoms with van der Waals surface area (Å²) in [6, 6.07) is 8.11. The Labute approximate surface area is 165 Å². The van der Waals surface area contributed by atoms with Crippen molar-refractivity contribution in [1.82, 2.24) is 0 Å². The molecule has 3 rings (SSSR count). The largest absolute Gasteiger partial charge is 0.486 e. The van der Waals surface area contributed by atoms with Gasteiger partial charge in [0.15, 0.2) is 11.6 Å². The van der Waals surface area contributed by atoms with Crippen molar-refractivity contribution < 1.29 is 32.2 Å². The molecule has 0 fully saturated rings. The van der Waals surface area contributed by atoms with Gasteiger partial charge in [-0.25, -0.2) is 17.6 Å². The number of allylic oxidation sites excluding steroid dienone is 1. The number of hydrogen-bond acceptors (Lipinski definition) is 2. The smallest absolute Gasteiger partial charge is 0.303 e. The third kappa shape index (κ3) is 5.16. The van der Waals surface area contributed by atoms with Crippen molar-refractivity contribution in [3.8, 4) is 5.75 Å². The minimum atomic E-state index is -2.93. The minimum Gasteiger partial charge on any atom is -0.486 e. The number of carboxylic acids is 1. The lowest BCUT2D eigenvalue weighted by atomic mass is 10.0. The van der Waals surface area contributed by atoms with Crippen molar-refractivity contribution in [2.24, 2.45) is 0 Å². The van der Waals surface area contributed by atoms with E-state index in [4.69, 9.17) is 9.84 Å². The zero-order valence-corrected chi connectivity index (χ0v) is 15.8. The Morgan fingerprint density at radius 2 is 1.83 bits per heavy atom. The molecule has 2 aromatic rings. The minimum absolute atomic E-state index is 0.0507. The van der Waals surface area contributed by atoms with Gasteiger partial charge in [0.25, 0.3) is 5.92 Å². The molecular formula is C22H20F4O3. The maximum atomic E-state index is 14.4. The molecule has 0 atom stereocenters. The van der Waals surface area contributed by atoms with Crippen LogP contribution in [0, 0.1) is 18.6 Å². The number of ether oxygens (including phenoxy) is 1. The van der Waals surface area contributed by atoms with Crippen molar-refractivity contribution >= 4 is 11.5 Å². The van der Waals surface area contributed by atoms with E-state index in [0.717, 1.165) is 0 Å². The highest BCUT2D eigenvalue weighted by Crippen LogP contribution is 2.44. The van der Waals surface area contributed by atoms with Gasteiger partial charge in [0.2, 0.25) is 0 Å². The number of carbonyl (C=O) groups is 1. The Balaban J connectivity index is 1.80. The van der Waals surface area contributed by atoms with Crippen LogP contribution in [0.4, 0.5) is 17.6 Å². The first-order valence-corrected chi connectivity index (χ1v) is 9.13. The van der Waals surface area contributed by atoms with E-state index >= 15 is 0 Å². The van der Waals surface area contributed by atoms with E-state index in [-0.39, 0.29) is 25.2 Å². The van der Waals surface area contributed by atoms with Crippen LogP contribution in [-0.4, -0.2) is 23.6 Å². The van der Waals surface area contributed by atoms with Crippen LogP contribution in [0.2, 0.25) is 0 Å². The van der Waals surface area contributed by atoms with E-state index in [9.17, 15) is 22.4 Å². The summed E-state index contributed by atoms with van der Waals surface area (Å²) >= 11 is 0. The number of carboxylic acid groups (broad SMARTS) is 1. The summed E-state index contributed by atoms with van der Waals surface area (Å²) in [7, 11) is 0. The monoisotopic (exact) mass is 408 g/mol. The summed E-state index contributed by atoms with van der Waals surface area (Å²) in [6.07, 6.45) is -0.925. The number of hydrogen-bond donors (Lipinski definition) is 1. The van der Waals surface area contributed by atoms with Gasteiger partial charge in [-0.2, -0.15) is 0 Å². The molecule has 1 N–H and O–H groups in total. The van der Waals surface area contributed by atoms with E-state index < -0.39 is 36.4 Å². The second-order valence-electron chi connectivity index (χ2n) is 7.20. The van der Waals surface area contributed by atoms with Crippen LogP contribution >= 0.6 is 0 Å². The summed E-state index contributed by atoms with van der Waals surface area (Å²) in [5.41, 5.74) is 2.19. The number of alkyl halides is 2. The quantitative estimate of drug-likeness (QED) is 0.611. The zero-order chi connectivity index (χ0) is 21.2. The first-order chi connectivity index (χ1) is 13.6. The maximum absolute atomic E-state index is 14.4. The SMILES string of the molecule is Cc1cc(CCC(=O)O)cc(F)c1OCC1=C(c2ccc(F)cc2)CC(F)(F)C1. The Morgan fingerprint density at radius 1 is 1.14 bits per heavy atom. The van der Waals surface area contributed by atoms with Gasteiger partial charge in [0.05, 0.1) is 0 Å². The molecule has 154 valence electrons. The summed E-state index contributed by atoms with van der Waals surface area (Å²) in [6.45, 7) is 1.40. The number of benzene rings is 2. The standard InChI is InChI=1S/C22H20F4O3/c1-13-8-14(2-7-20(27)28)9-19(24)21(13)29-12-16-10-22(25,26)11-18(16)15-3-5-17(23)6-4-15/h3-6,8-9H,2,7,10-12H2,1H3,(H,27,28). The van der Waals surface area contributed by atoms with Crippen LogP contribution in [0.25, 0.3) is 5.57 Å². The van der Waals surface area contributed by atoms with Gasteiger partial charge in [0, 0.05) is 19.3 Å². The zero-order valence-electron chi connectivity index (χ0n) is 15.8. The lowest BCUT2D eigenvalue weighted by Gasteiger charge is -2.14. The molecule has 0 aliphatic heterocycles. The predicted octanol–water partition coefficient (Wildman–Crippen LogP) is 5.55. The normalized spacial score (nSPS) is 15.6. The molecule has 0 saturated carbocycles. The number of halogens is 4. The van der Waals surface area contributed by atoms with Crippen LogP contribution in [0.5, 0.6) is 5.75 Å². The molecule has 0 saturated heterocycles. The van der Waals surface area contributed by atoms with Crippen LogP contribution in [0.15, 0.2) is 42.0 Å². The Morgan fingerprint density at radius 3 is 2.45 bits per heavy atom. The fraction of sp³-hybridized carbons (Fsp3) is 0.318. The molecule has 29 heavy (non-hydrogen) atoms. The lowest BCUT2D eigenvalue weighted by molar-refractivity contribution is -0.136. The van der Waals surface area contributed by atoms with Crippen LogP contribution < -0.4 is 4.74 Å². The van der Waals surface area contributed by atoms with E-state index in [2.05, 4.69) is 0 Å². The van der Waals surface area contributed by atoms with Gasteiger partial charge >= 0.3 is 5.97 Å². The summed E-state index contributed by atoms with van der Waals surface area (Å²) in [4.78, 5) is 10.7. The van der Waals surface area contributed by atoms with Crippen LogP contribution in [0.1, 0.15) is 36.0 Å². The second-order valence-corrected chi connectivity index (χ2v) is 7.20. The predicted molar refractivity (Wildman–Crippen MR) is 100 cm³/mol. The van der Waals surface area contributed by atoms with E-state index in [1.165, 1.54) is 30.3 Å². The maximum Gasteiger partial charge on any atom is 0.303 e. The van der Waals surface area contributed by atoms with Crippen molar-refractivity contribution in [1.29, 1.82) is 0 Å². The molecule has 0 aromatic heterocycles. The average Bonchev–Trinajstić information content (AvgIpc) is 2.94. The van der Waals surface area contributed by atoms with E-state index in [0.29, 0.717) is 27.8 Å². The van der Waals surface area contributed by atoms with E-state index in [1.807, 2.05) is 0 Å². The highest BCUT2D eigenvalue weighted by Gasteiger charge is 2.39. The fourth-order valence-corrected chi connectivity index (χ4v) is 3.50. The Bertz CT molecular complexity index is 926. The van der Waals surface area contributed by atoms with Crippen LogP contribution in [0.3, 0.4) is 0 Å². The first-order valence-electron chi connectivity index (χ1n) is 9.13.